The maximum absolute atomic E-state index is 12.5. The van der Waals surface area contributed by atoms with Crippen LogP contribution >= 0.6 is 11.8 Å². The Kier molecular flexibility index (Phi) is 6.29. The lowest BCUT2D eigenvalue weighted by Gasteiger charge is -2.35. The average Bonchev–Trinajstić information content (AvgIpc) is 2.80. The molecule has 7 heteroatoms. The fraction of sp³-hybridized carbons (Fsp3) is 0.174. The number of thioether (sulfide) groups is 1. The molecule has 2 heterocycles. The first-order valence-electron chi connectivity index (χ1n) is 9.62. The van der Waals surface area contributed by atoms with Crippen molar-refractivity contribution in [3.63, 3.8) is 0 Å². The lowest BCUT2D eigenvalue weighted by atomic mass is 10.2. The highest BCUT2D eigenvalue weighted by molar-refractivity contribution is 7.99. The Bertz CT molecular complexity index is 997. The minimum absolute atomic E-state index is 0.106. The Labute approximate surface area is 179 Å². The van der Waals surface area contributed by atoms with Crippen LogP contribution in [0.25, 0.3) is 0 Å². The van der Waals surface area contributed by atoms with Gasteiger partial charge in [-0.15, -0.1) is 11.8 Å². The topological polar surface area (TPSA) is 71.5 Å². The van der Waals surface area contributed by atoms with E-state index in [-0.39, 0.29) is 17.2 Å². The molecule has 4 rings (SSSR count). The number of benzene rings is 2. The number of hydrogen-bond donors (Lipinski definition) is 1. The van der Waals surface area contributed by atoms with Gasteiger partial charge in [-0.25, -0.2) is 5.01 Å². The van der Waals surface area contributed by atoms with Gasteiger partial charge in [-0.1, -0.05) is 42.5 Å². The second kappa shape index (κ2) is 9.45. The molecular weight excluding hydrogens is 398 g/mol. The van der Waals surface area contributed by atoms with Gasteiger partial charge in [0.1, 0.15) is 17.7 Å². The number of hydrazine groups is 1. The molecule has 2 aromatic carbocycles. The summed E-state index contributed by atoms with van der Waals surface area (Å²) in [6.45, 7) is 0.491. The molecular formula is C23H21N3O3S. The standard InChI is InChI=1S/C23H21N3O3S/c27-21-12-15-30-23(26(21)25-22(28)18-10-13-24-14-11-18)19-6-8-20(9-7-19)29-16-17-4-2-1-3-5-17/h1-11,13-14,23H,12,15-16H2,(H,25,28). The highest BCUT2D eigenvalue weighted by Crippen LogP contribution is 2.36. The first-order valence-corrected chi connectivity index (χ1v) is 10.7. The zero-order chi connectivity index (χ0) is 20.8. The molecule has 3 aromatic rings. The van der Waals surface area contributed by atoms with E-state index in [1.165, 1.54) is 5.01 Å². The van der Waals surface area contributed by atoms with Gasteiger partial charge in [-0.3, -0.25) is 20.0 Å². The van der Waals surface area contributed by atoms with Crippen molar-refractivity contribution < 1.29 is 14.3 Å². The summed E-state index contributed by atoms with van der Waals surface area (Å²) in [6, 6.07) is 20.8. The highest BCUT2D eigenvalue weighted by Gasteiger charge is 2.31. The Morgan fingerprint density at radius 3 is 2.53 bits per heavy atom. The average molecular weight is 420 g/mol. The molecule has 152 valence electrons. The summed E-state index contributed by atoms with van der Waals surface area (Å²) in [6.07, 6.45) is 3.48. The van der Waals surface area contributed by atoms with Gasteiger partial charge in [0.25, 0.3) is 5.91 Å². The summed E-state index contributed by atoms with van der Waals surface area (Å²) >= 11 is 1.62. The van der Waals surface area contributed by atoms with Gasteiger partial charge in [0.15, 0.2) is 0 Å². The number of nitrogens with one attached hydrogen (secondary N) is 1. The van der Waals surface area contributed by atoms with Crippen molar-refractivity contribution in [2.45, 2.75) is 18.4 Å². The number of aromatic nitrogens is 1. The molecule has 1 aliphatic heterocycles. The third kappa shape index (κ3) is 4.80. The fourth-order valence-electron chi connectivity index (χ4n) is 3.10. The summed E-state index contributed by atoms with van der Waals surface area (Å²) in [5.41, 5.74) is 5.24. The number of carbonyl (C=O) groups is 2. The van der Waals surface area contributed by atoms with E-state index in [4.69, 9.17) is 4.74 Å². The van der Waals surface area contributed by atoms with Gasteiger partial charge in [0.05, 0.1) is 0 Å². The van der Waals surface area contributed by atoms with E-state index in [2.05, 4.69) is 10.4 Å². The fourth-order valence-corrected chi connectivity index (χ4v) is 4.28. The lowest BCUT2D eigenvalue weighted by molar-refractivity contribution is -0.134. The Morgan fingerprint density at radius 2 is 1.80 bits per heavy atom. The quantitative estimate of drug-likeness (QED) is 0.655. The first kappa shape index (κ1) is 20.0. The number of ether oxygens (including phenoxy) is 1. The van der Waals surface area contributed by atoms with Crippen molar-refractivity contribution in [1.82, 2.24) is 15.4 Å². The third-order valence-corrected chi connectivity index (χ3v) is 5.91. The molecule has 1 atom stereocenters. The van der Waals surface area contributed by atoms with Crippen molar-refractivity contribution in [2.75, 3.05) is 5.75 Å². The van der Waals surface area contributed by atoms with E-state index < -0.39 is 0 Å². The van der Waals surface area contributed by atoms with Crippen LogP contribution in [0.2, 0.25) is 0 Å². The number of carbonyl (C=O) groups excluding carboxylic acids is 2. The van der Waals surface area contributed by atoms with Crippen LogP contribution in [0.4, 0.5) is 0 Å². The summed E-state index contributed by atoms with van der Waals surface area (Å²) in [5, 5.41) is 1.14. The van der Waals surface area contributed by atoms with Crippen molar-refractivity contribution in [1.29, 1.82) is 0 Å². The van der Waals surface area contributed by atoms with Gasteiger partial charge < -0.3 is 4.74 Å². The molecule has 30 heavy (non-hydrogen) atoms. The van der Waals surface area contributed by atoms with Gasteiger partial charge in [0.2, 0.25) is 5.91 Å². The third-order valence-electron chi connectivity index (χ3n) is 4.67. The van der Waals surface area contributed by atoms with E-state index in [9.17, 15) is 9.59 Å². The van der Waals surface area contributed by atoms with Crippen molar-refractivity contribution in [2.24, 2.45) is 0 Å². The van der Waals surface area contributed by atoms with Crippen LogP contribution in [0.5, 0.6) is 5.75 Å². The predicted molar refractivity (Wildman–Crippen MR) is 116 cm³/mol. The number of nitrogens with zero attached hydrogens (tertiary/aromatic N) is 2. The molecule has 0 radical (unpaired) electrons. The largest absolute Gasteiger partial charge is 0.489 e. The Hall–Kier alpha value is -3.32. The van der Waals surface area contributed by atoms with Gasteiger partial charge >= 0.3 is 0 Å². The Balaban J connectivity index is 1.45. The molecule has 6 nitrogen and oxygen atoms in total. The van der Waals surface area contributed by atoms with Crippen LogP contribution in [-0.2, 0) is 11.4 Å². The number of amides is 2. The summed E-state index contributed by atoms with van der Waals surface area (Å²) < 4.78 is 5.84. The first-order chi connectivity index (χ1) is 14.7. The van der Waals surface area contributed by atoms with Gasteiger partial charge in [-0.05, 0) is 35.4 Å². The molecule has 1 saturated heterocycles. The predicted octanol–water partition coefficient (Wildman–Crippen LogP) is 3.97. The second-order valence-electron chi connectivity index (χ2n) is 6.76. The van der Waals surface area contributed by atoms with Crippen LogP contribution in [0.15, 0.2) is 79.1 Å². The molecule has 2 amide bonds. The van der Waals surface area contributed by atoms with E-state index in [0.717, 1.165) is 16.9 Å². The lowest BCUT2D eigenvalue weighted by Crippen LogP contribution is -2.49. The Morgan fingerprint density at radius 1 is 1.07 bits per heavy atom. The van der Waals surface area contributed by atoms with Crippen molar-refractivity contribution >= 4 is 23.6 Å². The number of pyridine rings is 1. The van der Waals surface area contributed by atoms with Crippen LogP contribution in [-0.4, -0.2) is 27.6 Å². The minimum Gasteiger partial charge on any atom is -0.489 e. The minimum atomic E-state index is -0.332. The molecule has 0 spiro atoms. The van der Waals surface area contributed by atoms with Crippen molar-refractivity contribution in [3.05, 3.63) is 95.8 Å². The van der Waals surface area contributed by atoms with E-state index in [1.807, 2.05) is 54.6 Å². The zero-order valence-corrected chi connectivity index (χ0v) is 17.0. The monoisotopic (exact) mass is 419 g/mol. The highest BCUT2D eigenvalue weighted by atomic mass is 32.2. The van der Waals surface area contributed by atoms with Crippen LogP contribution in [0, 0.1) is 0 Å². The molecule has 1 aliphatic rings. The molecule has 0 aliphatic carbocycles. The van der Waals surface area contributed by atoms with Gasteiger partial charge in [-0.2, -0.15) is 0 Å². The number of hydrogen-bond acceptors (Lipinski definition) is 5. The van der Waals surface area contributed by atoms with E-state index in [1.54, 1.807) is 36.3 Å². The van der Waals surface area contributed by atoms with Crippen molar-refractivity contribution in [3.8, 4) is 5.75 Å². The summed E-state index contributed by atoms with van der Waals surface area (Å²) in [5.74, 6) is 1.02. The number of rotatable bonds is 6. The maximum atomic E-state index is 12.5. The summed E-state index contributed by atoms with van der Waals surface area (Å²) in [7, 11) is 0. The molecule has 1 N–H and O–H groups in total. The molecule has 1 aromatic heterocycles. The summed E-state index contributed by atoms with van der Waals surface area (Å²) in [4.78, 5) is 29.0. The molecule has 1 unspecified atom stereocenters. The maximum Gasteiger partial charge on any atom is 0.270 e. The van der Waals surface area contributed by atoms with Gasteiger partial charge in [0, 0.05) is 30.1 Å². The van der Waals surface area contributed by atoms with Crippen LogP contribution in [0.1, 0.15) is 33.3 Å². The SMILES string of the molecule is O=C(NN1C(=O)CCSC1c1ccc(OCc2ccccc2)cc1)c1ccncc1. The normalized spacial score (nSPS) is 16.2. The zero-order valence-electron chi connectivity index (χ0n) is 16.2. The van der Waals surface area contributed by atoms with Crippen LogP contribution < -0.4 is 10.2 Å². The second-order valence-corrected chi connectivity index (χ2v) is 7.95. The molecule has 0 saturated carbocycles. The molecule has 0 bridgehead atoms. The van der Waals surface area contributed by atoms with Crippen LogP contribution in [0.3, 0.4) is 0 Å². The molecule has 1 fully saturated rings. The van der Waals surface area contributed by atoms with E-state index in [0.29, 0.717) is 24.3 Å². The van der Waals surface area contributed by atoms with E-state index >= 15 is 0 Å². The smallest absolute Gasteiger partial charge is 0.270 e.